The van der Waals surface area contributed by atoms with Gasteiger partial charge in [-0.05, 0) is 38.7 Å². The Morgan fingerprint density at radius 2 is 2.17 bits per heavy atom. The summed E-state index contributed by atoms with van der Waals surface area (Å²) in [6, 6.07) is 8.53. The van der Waals surface area contributed by atoms with Gasteiger partial charge in [-0.3, -0.25) is 0 Å². The van der Waals surface area contributed by atoms with E-state index in [0.717, 1.165) is 29.5 Å². The Labute approximate surface area is 112 Å². The minimum absolute atomic E-state index is 0.787. The molecular formula is C14H19N3S. The third kappa shape index (κ3) is 3.82. The van der Waals surface area contributed by atoms with Gasteiger partial charge in [0, 0.05) is 17.6 Å². The van der Waals surface area contributed by atoms with Gasteiger partial charge in [0.15, 0.2) is 0 Å². The number of aryl methyl sites for hydroxylation is 1. The van der Waals surface area contributed by atoms with Crippen LogP contribution >= 0.6 is 11.3 Å². The second-order valence-electron chi connectivity index (χ2n) is 4.65. The molecule has 0 bridgehead atoms. The van der Waals surface area contributed by atoms with Crippen LogP contribution in [0.1, 0.15) is 16.3 Å². The van der Waals surface area contributed by atoms with E-state index in [2.05, 4.69) is 58.9 Å². The summed E-state index contributed by atoms with van der Waals surface area (Å²) in [6.07, 6.45) is 0. The number of hydrogen-bond acceptors (Lipinski definition) is 4. The number of aromatic nitrogens is 1. The van der Waals surface area contributed by atoms with Crippen LogP contribution in [0.25, 0.3) is 0 Å². The average Bonchev–Trinajstić information content (AvgIpc) is 2.72. The summed E-state index contributed by atoms with van der Waals surface area (Å²) in [5.41, 5.74) is 3.58. The zero-order valence-electron chi connectivity index (χ0n) is 11.1. The van der Waals surface area contributed by atoms with E-state index in [1.165, 1.54) is 5.56 Å². The Bertz CT molecular complexity index is 505. The highest BCUT2D eigenvalue weighted by atomic mass is 32.1. The number of thiazole rings is 1. The molecule has 1 N–H and O–H groups in total. The molecule has 1 aromatic carbocycles. The Hall–Kier alpha value is -1.39. The van der Waals surface area contributed by atoms with Crippen molar-refractivity contribution in [3.63, 3.8) is 0 Å². The zero-order chi connectivity index (χ0) is 13.0. The van der Waals surface area contributed by atoms with Crippen molar-refractivity contribution in [1.29, 1.82) is 0 Å². The van der Waals surface area contributed by atoms with Gasteiger partial charge in [-0.15, -0.1) is 11.3 Å². The Kier molecular flexibility index (Phi) is 4.33. The van der Waals surface area contributed by atoms with Gasteiger partial charge < -0.3 is 10.2 Å². The Balaban J connectivity index is 1.96. The van der Waals surface area contributed by atoms with Crippen molar-refractivity contribution in [2.45, 2.75) is 20.0 Å². The molecule has 96 valence electrons. The van der Waals surface area contributed by atoms with E-state index in [9.17, 15) is 0 Å². The van der Waals surface area contributed by atoms with Gasteiger partial charge in [0.25, 0.3) is 0 Å². The molecule has 0 amide bonds. The molecule has 0 fully saturated rings. The third-order valence-electron chi connectivity index (χ3n) is 2.57. The summed E-state index contributed by atoms with van der Waals surface area (Å²) >= 11 is 1.69. The van der Waals surface area contributed by atoms with E-state index in [0.29, 0.717) is 0 Å². The second-order valence-corrected chi connectivity index (χ2v) is 5.71. The lowest BCUT2D eigenvalue weighted by Gasteiger charge is -2.11. The summed E-state index contributed by atoms with van der Waals surface area (Å²) in [5, 5.41) is 6.64. The van der Waals surface area contributed by atoms with Crippen molar-refractivity contribution in [2.24, 2.45) is 0 Å². The number of rotatable bonds is 5. The molecule has 2 aromatic rings. The normalized spacial score (nSPS) is 10.9. The molecule has 0 aliphatic carbocycles. The highest BCUT2D eigenvalue weighted by Gasteiger charge is 2.00. The first-order valence-corrected chi connectivity index (χ1v) is 6.90. The minimum atomic E-state index is 0.787. The largest absolute Gasteiger partial charge is 0.379 e. The fraction of sp³-hybridized carbons (Fsp3) is 0.357. The summed E-state index contributed by atoms with van der Waals surface area (Å²) in [4.78, 5) is 6.61. The van der Waals surface area contributed by atoms with Crippen molar-refractivity contribution in [1.82, 2.24) is 9.88 Å². The van der Waals surface area contributed by atoms with Gasteiger partial charge in [-0.1, -0.05) is 12.1 Å². The molecule has 0 saturated heterocycles. The number of benzene rings is 1. The van der Waals surface area contributed by atoms with Crippen molar-refractivity contribution in [3.05, 3.63) is 45.9 Å². The molecule has 0 spiro atoms. The molecule has 1 aromatic heterocycles. The summed E-state index contributed by atoms with van der Waals surface area (Å²) in [7, 11) is 4.16. The van der Waals surface area contributed by atoms with Crippen LogP contribution in [0.2, 0.25) is 0 Å². The van der Waals surface area contributed by atoms with Crippen molar-refractivity contribution in [2.75, 3.05) is 19.4 Å². The van der Waals surface area contributed by atoms with Crippen LogP contribution < -0.4 is 5.32 Å². The quantitative estimate of drug-likeness (QED) is 0.896. The van der Waals surface area contributed by atoms with Crippen molar-refractivity contribution >= 4 is 17.0 Å². The molecule has 0 aliphatic heterocycles. The van der Waals surface area contributed by atoms with E-state index in [-0.39, 0.29) is 0 Å². The van der Waals surface area contributed by atoms with Gasteiger partial charge in [-0.2, -0.15) is 0 Å². The Morgan fingerprint density at radius 3 is 2.83 bits per heavy atom. The van der Waals surface area contributed by atoms with Gasteiger partial charge >= 0.3 is 0 Å². The van der Waals surface area contributed by atoms with Crippen LogP contribution in [-0.4, -0.2) is 24.0 Å². The number of anilines is 1. The SMILES string of the molecule is Cc1nc(CNc2cccc(CN(C)C)c2)cs1. The van der Waals surface area contributed by atoms with Crippen LogP contribution in [0.15, 0.2) is 29.6 Å². The molecule has 3 nitrogen and oxygen atoms in total. The van der Waals surface area contributed by atoms with Crippen molar-refractivity contribution < 1.29 is 0 Å². The maximum absolute atomic E-state index is 4.44. The first kappa shape index (κ1) is 13.1. The first-order valence-electron chi connectivity index (χ1n) is 6.02. The standard InChI is InChI=1S/C14H19N3S/c1-11-16-14(10-18-11)8-15-13-6-4-5-12(7-13)9-17(2)3/h4-7,10,15H,8-9H2,1-3H3. The van der Waals surface area contributed by atoms with Crippen LogP contribution in [0.5, 0.6) is 0 Å². The lowest BCUT2D eigenvalue weighted by atomic mass is 10.2. The lowest BCUT2D eigenvalue weighted by Crippen LogP contribution is -2.10. The molecule has 1 heterocycles. The predicted octanol–water partition coefficient (Wildman–Crippen LogP) is 3.13. The third-order valence-corrected chi connectivity index (χ3v) is 3.39. The topological polar surface area (TPSA) is 28.2 Å². The highest BCUT2D eigenvalue weighted by molar-refractivity contribution is 7.09. The molecule has 0 atom stereocenters. The maximum atomic E-state index is 4.44. The van der Waals surface area contributed by atoms with Gasteiger partial charge in [-0.25, -0.2) is 4.98 Å². The summed E-state index contributed by atoms with van der Waals surface area (Å²) in [6.45, 7) is 3.78. The fourth-order valence-electron chi connectivity index (χ4n) is 1.83. The molecule has 0 radical (unpaired) electrons. The molecule has 0 unspecified atom stereocenters. The lowest BCUT2D eigenvalue weighted by molar-refractivity contribution is 0.402. The first-order chi connectivity index (χ1) is 8.63. The van der Waals surface area contributed by atoms with Gasteiger partial charge in [0.05, 0.1) is 17.2 Å². The van der Waals surface area contributed by atoms with Crippen LogP contribution in [0.4, 0.5) is 5.69 Å². The molecule has 0 aliphatic rings. The highest BCUT2D eigenvalue weighted by Crippen LogP contribution is 2.14. The monoisotopic (exact) mass is 261 g/mol. The smallest absolute Gasteiger partial charge is 0.0898 e. The van der Waals surface area contributed by atoms with E-state index >= 15 is 0 Å². The van der Waals surface area contributed by atoms with Crippen LogP contribution in [0, 0.1) is 6.92 Å². The van der Waals surface area contributed by atoms with Gasteiger partial charge in [0.1, 0.15) is 0 Å². The Morgan fingerprint density at radius 1 is 1.33 bits per heavy atom. The van der Waals surface area contributed by atoms with E-state index < -0.39 is 0 Å². The van der Waals surface area contributed by atoms with Crippen molar-refractivity contribution in [3.8, 4) is 0 Å². The summed E-state index contributed by atoms with van der Waals surface area (Å²) < 4.78 is 0. The van der Waals surface area contributed by atoms with Gasteiger partial charge in [0.2, 0.25) is 0 Å². The minimum Gasteiger partial charge on any atom is -0.379 e. The number of hydrogen-bond donors (Lipinski definition) is 1. The van der Waals surface area contributed by atoms with Crippen LogP contribution in [0.3, 0.4) is 0 Å². The predicted molar refractivity (Wildman–Crippen MR) is 78.0 cm³/mol. The molecular weight excluding hydrogens is 242 g/mol. The van der Waals surface area contributed by atoms with E-state index in [1.54, 1.807) is 11.3 Å². The number of nitrogens with one attached hydrogen (secondary N) is 1. The molecule has 18 heavy (non-hydrogen) atoms. The molecule has 2 rings (SSSR count). The van der Waals surface area contributed by atoms with E-state index in [1.807, 2.05) is 6.92 Å². The van der Waals surface area contributed by atoms with E-state index in [4.69, 9.17) is 0 Å². The summed E-state index contributed by atoms with van der Waals surface area (Å²) in [5.74, 6) is 0. The average molecular weight is 261 g/mol. The maximum Gasteiger partial charge on any atom is 0.0898 e. The molecule has 0 saturated carbocycles. The zero-order valence-corrected chi connectivity index (χ0v) is 11.9. The van der Waals surface area contributed by atoms with Crippen LogP contribution in [-0.2, 0) is 13.1 Å². The fourth-order valence-corrected chi connectivity index (χ4v) is 2.44. The number of nitrogens with zero attached hydrogens (tertiary/aromatic N) is 2. The second kappa shape index (κ2) is 5.98. The molecule has 4 heteroatoms.